The zero-order chi connectivity index (χ0) is 12.7. The molecule has 2 unspecified atom stereocenters. The van der Waals surface area contributed by atoms with Crippen LogP contribution >= 0.6 is 23.2 Å². The van der Waals surface area contributed by atoms with Gasteiger partial charge >= 0.3 is 0 Å². The van der Waals surface area contributed by atoms with Crippen LogP contribution in [0.5, 0.6) is 0 Å². The van der Waals surface area contributed by atoms with E-state index in [1.807, 2.05) is 6.08 Å². The first kappa shape index (κ1) is 12.6. The van der Waals surface area contributed by atoms with Crippen molar-refractivity contribution in [2.45, 2.75) is 38.0 Å². The van der Waals surface area contributed by atoms with E-state index in [2.05, 4.69) is 11.8 Å². The highest BCUT2D eigenvalue weighted by Crippen LogP contribution is 2.38. The van der Waals surface area contributed by atoms with Gasteiger partial charge < -0.3 is 4.90 Å². The Balaban J connectivity index is 1.96. The van der Waals surface area contributed by atoms with Crippen molar-refractivity contribution in [2.75, 3.05) is 13.1 Å². The second kappa shape index (κ2) is 4.90. The van der Waals surface area contributed by atoms with Gasteiger partial charge in [-0.25, -0.2) is 4.99 Å². The minimum absolute atomic E-state index is 0.00828. The minimum Gasteiger partial charge on any atom is -0.356 e. The van der Waals surface area contributed by atoms with E-state index in [0.29, 0.717) is 0 Å². The van der Waals surface area contributed by atoms with E-state index < -0.39 is 0 Å². The Kier molecular flexibility index (Phi) is 3.42. The molecule has 2 aliphatic heterocycles. The molecule has 2 atom stereocenters. The number of allylic oxidation sites excluding steroid dienone is 2. The van der Waals surface area contributed by atoms with Crippen LogP contribution in [0.15, 0.2) is 27.4 Å². The van der Waals surface area contributed by atoms with Crippen LogP contribution in [0.25, 0.3) is 0 Å². The van der Waals surface area contributed by atoms with Gasteiger partial charge in [-0.15, -0.1) is 11.6 Å². The van der Waals surface area contributed by atoms with Crippen LogP contribution < -0.4 is 0 Å². The summed E-state index contributed by atoms with van der Waals surface area (Å²) in [5.41, 5.74) is 2.27. The van der Waals surface area contributed by atoms with Gasteiger partial charge in [0, 0.05) is 30.5 Å². The number of nitrogens with zero attached hydrogens (tertiary/aromatic N) is 2. The average molecular weight is 285 g/mol. The molecule has 18 heavy (non-hydrogen) atoms. The van der Waals surface area contributed by atoms with Gasteiger partial charge in [-0.1, -0.05) is 24.9 Å². The molecule has 0 amide bonds. The number of hydrogen-bond donors (Lipinski definition) is 0. The van der Waals surface area contributed by atoms with Gasteiger partial charge in [0.2, 0.25) is 0 Å². The summed E-state index contributed by atoms with van der Waals surface area (Å²) in [4.78, 5) is 7.20. The topological polar surface area (TPSA) is 15.6 Å². The highest BCUT2D eigenvalue weighted by molar-refractivity contribution is 6.32. The van der Waals surface area contributed by atoms with Crippen LogP contribution in [-0.2, 0) is 0 Å². The second-order valence-electron chi connectivity index (χ2n) is 5.39. The van der Waals surface area contributed by atoms with Crippen molar-refractivity contribution in [1.82, 2.24) is 4.90 Å². The Morgan fingerprint density at radius 3 is 3.00 bits per heavy atom. The van der Waals surface area contributed by atoms with Crippen LogP contribution in [0.1, 0.15) is 32.6 Å². The summed E-state index contributed by atoms with van der Waals surface area (Å²) >= 11 is 12.8. The fourth-order valence-corrected chi connectivity index (χ4v) is 3.51. The maximum atomic E-state index is 6.53. The largest absolute Gasteiger partial charge is 0.356 e. The van der Waals surface area contributed by atoms with E-state index in [0.717, 1.165) is 30.2 Å². The first-order valence-electron chi connectivity index (χ1n) is 6.73. The molecule has 4 heteroatoms. The van der Waals surface area contributed by atoms with Gasteiger partial charge in [0.15, 0.2) is 0 Å². The number of amidine groups is 1. The zero-order valence-corrected chi connectivity index (χ0v) is 12.1. The molecule has 3 rings (SSSR count). The third-order valence-corrected chi connectivity index (χ3v) is 5.21. The van der Waals surface area contributed by atoms with Crippen LogP contribution in [0.3, 0.4) is 0 Å². The number of hydrogen-bond acceptors (Lipinski definition) is 2. The summed E-state index contributed by atoms with van der Waals surface area (Å²) in [5, 5.41) is 0.825. The Morgan fingerprint density at radius 2 is 2.17 bits per heavy atom. The summed E-state index contributed by atoms with van der Waals surface area (Å²) in [6, 6.07) is 0. The first-order chi connectivity index (χ1) is 8.66. The molecule has 0 aromatic carbocycles. The zero-order valence-electron chi connectivity index (χ0n) is 10.6. The normalized spacial score (nSPS) is 32.3. The lowest BCUT2D eigenvalue weighted by atomic mass is 9.91. The third kappa shape index (κ3) is 2.10. The maximum absolute atomic E-state index is 6.53. The number of rotatable bonds is 0. The number of fused-ring (bicyclic) bond motifs is 1. The molecular weight excluding hydrogens is 267 g/mol. The summed E-state index contributed by atoms with van der Waals surface area (Å²) in [5.74, 6) is 1.43. The maximum Gasteiger partial charge on any atom is 0.105 e. The quantitative estimate of drug-likeness (QED) is 0.616. The molecule has 0 saturated carbocycles. The summed E-state index contributed by atoms with van der Waals surface area (Å²) < 4.78 is 0. The molecular formula is C14H18Cl2N2. The molecule has 1 aliphatic carbocycles. The molecule has 1 fully saturated rings. The van der Waals surface area contributed by atoms with Crippen molar-refractivity contribution < 1.29 is 0 Å². The van der Waals surface area contributed by atoms with Gasteiger partial charge in [-0.05, 0) is 24.5 Å². The van der Waals surface area contributed by atoms with Gasteiger partial charge in [0.25, 0.3) is 0 Å². The van der Waals surface area contributed by atoms with Crippen LogP contribution in [0.4, 0.5) is 0 Å². The van der Waals surface area contributed by atoms with Crippen LogP contribution in [0, 0.1) is 5.92 Å². The van der Waals surface area contributed by atoms with E-state index in [1.54, 1.807) is 0 Å². The Morgan fingerprint density at radius 1 is 1.33 bits per heavy atom. The highest BCUT2D eigenvalue weighted by atomic mass is 35.5. The molecule has 0 N–H and O–H groups in total. The first-order valence-corrected chi connectivity index (χ1v) is 7.55. The molecule has 1 saturated heterocycles. The minimum atomic E-state index is -0.00828. The molecule has 0 spiro atoms. The summed E-state index contributed by atoms with van der Waals surface area (Å²) in [6.45, 7) is 4.14. The van der Waals surface area contributed by atoms with Crippen molar-refractivity contribution in [3.8, 4) is 0 Å². The second-order valence-corrected chi connectivity index (χ2v) is 6.30. The van der Waals surface area contributed by atoms with Crippen molar-refractivity contribution in [3.05, 3.63) is 22.4 Å². The van der Waals surface area contributed by atoms with E-state index in [-0.39, 0.29) is 11.3 Å². The highest BCUT2D eigenvalue weighted by Gasteiger charge is 2.33. The lowest BCUT2D eigenvalue weighted by Gasteiger charge is -2.35. The number of aliphatic imine (C=N–C) groups is 1. The molecule has 0 aromatic rings. The molecule has 0 bridgehead atoms. The summed E-state index contributed by atoms with van der Waals surface area (Å²) in [6.07, 6.45) is 6.91. The van der Waals surface area contributed by atoms with Gasteiger partial charge in [0.1, 0.15) is 5.84 Å². The summed E-state index contributed by atoms with van der Waals surface area (Å²) in [7, 11) is 0. The smallest absolute Gasteiger partial charge is 0.105 e. The van der Waals surface area contributed by atoms with Gasteiger partial charge in [-0.2, -0.15) is 0 Å². The molecule has 2 nitrogen and oxygen atoms in total. The lowest BCUT2D eigenvalue weighted by molar-refractivity contribution is 0.425. The van der Waals surface area contributed by atoms with Gasteiger partial charge in [0.05, 0.1) is 11.1 Å². The van der Waals surface area contributed by atoms with E-state index in [4.69, 9.17) is 28.2 Å². The Hall–Kier alpha value is -0.470. The lowest BCUT2D eigenvalue weighted by Crippen LogP contribution is -2.39. The fraction of sp³-hybridized carbons (Fsp3) is 0.643. The number of alkyl halides is 1. The van der Waals surface area contributed by atoms with Crippen molar-refractivity contribution in [2.24, 2.45) is 10.9 Å². The predicted molar refractivity (Wildman–Crippen MR) is 77.2 cm³/mol. The number of halogens is 2. The molecule has 3 aliphatic rings. The van der Waals surface area contributed by atoms with Crippen molar-refractivity contribution in [1.29, 1.82) is 0 Å². The van der Waals surface area contributed by atoms with E-state index in [1.165, 1.54) is 30.7 Å². The van der Waals surface area contributed by atoms with Crippen molar-refractivity contribution >= 4 is 29.0 Å². The van der Waals surface area contributed by atoms with Crippen LogP contribution in [-0.4, -0.2) is 29.2 Å². The monoisotopic (exact) mass is 284 g/mol. The predicted octanol–water partition coefficient (Wildman–Crippen LogP) is 3.91. The average Bonchev–Trinajstić information content (AvgIpc) is 2.59. The Labute approximate surface area is 118 Å². The SMILES string of the molecule is CC1C(Cl)=CC2=C(CN3CCCCCC3=N2)C1Cl. The standard InChI is InChI=1S/C14H18Cl2N2/c1-9-11(15)7-12-10(14(9)16)8-18-6-4-2-3-5-13(18)17-12/h7,9,14H,2-6,8H2,1H3. The van der Waals surface area contributed by atoms with Gasteiger partial charge in [-0.3, -0.25) is 0 Å². The molecule has 2 heterocycles. The molecule has 98 valence electrons. The van der Waals surface area contributed by atoms with Crippen LogP contribution in [0.2, 0.25) is 0 Å². The van der Waals surface area contributed by atoms with E-state index in [9.17, 15) is 0 Å². The van der Waals surface area contributed by atoms with Crippen molar-refractivity contribution in [3.63, 3.8) is 0 Å². The Bertz CT molecular complexity index is 451. The molecule has 0 radical (unpaired) electrons. The molecule has 0 aromatic heterocycles. The third-order valence-electron chi connectivity index (χ3n) is 4.11. The fourth-order valence-electron chi connectivity index (χ4n) is 2.90. The van der Waals surface area contributed by atoms with E-state index >= 15 is 0 Å².